The molecule has 2 N–H and O–H groups in total. The molecule has 0 amide bonds. The summed E-state index contributed by atoms with van der Waals surface area (Å²) in [5.74, 6) is 0.482. The van der Waals surface area contributed by atoms with Crippen molar-refractivity contribution in [2.45, 2.75) is 37.2 Å². The Bertz CT molecular complexity index is 1410. The second kappa shape index (κ2) is 9.67. The zero-order valence-corrected chi connectivity index (χ0v) is 21.5. The minimum atomic E-state index is -4.00. The third-order valence-electron chi connectivity index (χ3n) is 6.36. The number of aryl methyl sites for hydroxylation is 1. The number of pyridine rings is 1. The van der Waals surface area contributed by atoms with Crippen molar-refractivity contribution >= 4 is 44.7 Å². The summed E-state index contributed by atoms with van der Waals surface area (Å²) in [5.41, 5.74) is 1.37. The minimum absolute atomic E-state index is 0.0514. The number of aromatic nitrogens is 1. The van der Waals surface area contributed by atoms with Crippen molar-refractivity contribution in [3.05, 3.63) is 81.0 Å². The Hall–Kier alpha value is -2.83. The van der Waals surface area contributed by atoms with Crippen molar-refractivity contribution in [2.75, 3.05) is 22.7 Å². The number of piperidine rings is 1. The molecule has 1 fully saturated rings. The number of hydrogen-bond acceptors (Lipinski definition) is 6. The summed E-state index contributed by atoms with van der Waals surface area (Å²) in [6.07, 6.45) is 0.959. The number of rotatable bonds is 5. The fourth-order valence-electron chi connectivity index (χ4n) is 4.31. The molecule has 10 heteroatoms. The maximum atomic E-state index is 13.0. The number of nitriles is 1. The Morgan fingerprint density at radius 3 is 2.34 bits per heavy atom. The summed E-state index contributed by atoms with van der Waals surface area (Å²) in [4.78, 5) is 6.52. The van der Waals surface area contributed by atoms with E-state index in [1.165, 1.54) is 18.2 Å². The highest BCUT2D eigenvalue weighted by atomic mass is 35.5. The first kappa shape index (κ1) is 25.3. The summed E-state index contributed by atoms with van der Waals surface area (Å²) in [6, 6.07) is 15.8. The molecule has 2 aromatic carbocycles. The van der Waals surface area contributed by atoms with Crippen molar-refractivity contribution in [1.29, 1.82) is 5.26 Å². The molecule has 182 valence electrons. The topological polar surface area (TPSA) is 106 Å². The van der Waals surface area contributed by atoms with E-state index in [0.717, 1.165) is 5.56 Å². The first-order valence-corrected chi connectivity index (χ1v) is 13.2. The van der Waals surface area contributed by atoms with Crippen LogP contribution in [0.15, 0.2) is 53.4 Å². The van der Waals surface area contributed by atoms with Crippen LogP contribution in [0.5, 0.6) is 0 Å². The molecule has 0 unspecified atom stereocenters. The zero-order chi connectivity index (χ0) is 25.4. The lowest BCUT2D eigenvalue weighted by Gasteiger charge is -2.39. The predicted molar refractivity (Wildman–Crippen MR) is 137 cm³/mol. The van der Waals surface area contributed by atoms with E-state index in [9.17, 15) is 18.8 Å². The summed E-state index contributed by atoms with van der Waals surface area (Å²) in [6.45, 7) is 4.38. The van der Waals surface area contributed by atoms with Crippen LogP contribution in [0.2, 0.25) is 10.0 Å². The number of halogens is 2. The van der Waals surface area contributed by atoms with E-state index in [1.807, 2.05) is 35.2 Å². The molecule has 2 heterocycles. The van der Waals surface area contributed by atoms with Crippen molar-refractivity contribution in [1.82, 2.24) is 4.98 Å². The van der Waals surface area contributed by atoms with Gasteiger partial charge in [0.05, 0.1) is 37.5 Å². The summed E-state index contributed by atoms with van der Waals surface area (Å²) in [7, 11) is -4.00. The first-order valence-electron chi connectivity index (χ1n) is 11.0. The molecule has 0 aliphatic carbocycles. The fraction of sp³-hybridized carbons (Fsp3) is 0.280. The molecule has 7 nitrogen and oxygen atoms in total. The molecular formula is C25H24Cl2N4O3S. The molecule has 0 atom stereocenters. The van der Waals surface area contributed by atoms with Gasteiger partial charge in [-0.05, 0) is 56.0 Å². The predicted octanol–water partition coefficient (Wildman–Crippen LogP) is 5.17. The van der Waals surface area contributed by atoms with Crippen LogP contribution in [0.1, 0.15) is 35.2 Å². The van der Waals surface area contributed by atoms with Crippen molar-refractivity contribution < 1.29 is 13.5 Å². The van der Waals surface area contributed by atoms with Gasteiger partial charge in [-0.25, -0.2) is 13.4 Å². The van der Waals surface area contributed by atoms with Crippen molar-refractivity contribution in [2.24, 2.45) is 0 Å². The maximum absolute atomic E-state index is 13.0. The lowest BCUT2D eigenvalue weighted by Crippen LogP contribution is -2.43. The van der Waals surface area contributed by atoms with Crippen LogP contribution in [-0.2, 0) is 15.6 Å². The minimum Gasteiger partial charge on any atom is -0.385 e. The van der Waals surface area contributed by atoms with Gasteiger partial charge in [-0.15, -0.1) is 0 Å². The molecule has 1 aliphatic heterocycles. The molecule has 35 heavy (non-hydrogen) atoms. The number of sulfonamides is 1. The third-order valence-corrected chi connectivity index (χ3v) is 8.45. The SMILES string of the molecule is Cc1nc(N2CCC(O)(c3ccccc3)CC2)c(C#N)c(C)c1NS(=O)(=O)c1ccc(Cl)c(Cl)c1. The van der Waals surface area contributed by atoms with Crippen LogP contribution >= 0.6 is 23.2 Å². The highest BCUT2D eigenvalue weighted by Gasteiger charge is 2.35. The summed E-state index contributed by atoms with van der Waals surface area (Å²) in [5, 5.41) is 21.5. The molecule has 4 rings (SSSR count). The highest BCUT2D eigenvalue weighted by molar-refractivity contribution is 7.92. The number of hydrogen-bond donors (Lipinski definition) is 2. The van der Waals surface area contributed by atoms with Gasteiger partial charge in [-0.3, -0.25) is 4.72 Å². The number of nitrogens with one attached hydrogen (secondary N) is 1. The smallest absolute Gasteiger partial charge is 0.262 e. The third kappa shape index (κ3) is 4.95. The van der Waals surface area contributed by atoms with E-state index < -0.39 is 15.6 Å². The standard InChI is InChI=1S/C25H24Cl2N4O3S/c1-16-20(15-28)24(31-12-10-25(32,11-13-31)18-6-4-3-5-7-18)29-17(2)23(16)30-35(33,34)19-8-9-21(26)22(27)14-19/h3-9,14,30,32H,10-13H2,1-2H3. The van der Waals surface area contributed by atoms with Crippen LogP contribution in [-0.4, -0.2) is 31.6 Å². The Kier molecular flexibility index (Phi) is 6.98. The molecular weight excluding hydrogens is 507 g/mol. The average Bonchev–Trinajstić information content (AvgIpc) is 2.84. The normalized spacial score (nSPS) is 15.5. The van der Waals surface area contributed by atoms with Gasteiger partial charge in [-0.2, -0.15) is 5.26 Å². The van der Waals surface area contributed by atoms with Crippen LogP contribution in [0.3, 0.4) is 0 Å². The van der Waals surface area contributed by atoms with Gasteiger partial charge in [0, 0.05) is 13.1 Å². The van der Waals surface area contributed by atoms with Gasteiger partial charge in [0.1, 0.15) is 11.9 Å². The van der Waals surface area contributed by atoms with Crippen LogP contribution in [0.4, 0.5) is 11.5 Å². The Morgan fingerprint density at radius 1 is 1.09 bits per heavy atom. The molecule has 1 aliphatic rings. The van der Waals surface area contributed by atoms with Gasteiger partial charge >= 0.3 is 0 Å². The molecule has 1 saturated heterocycles. The second-order valence-electron chi connectivity index (χ2n) is 8.57. The fourth-order valence-corrected chi connectivity index (χ4v) is 5.88. The quantitative estimate of drug-likeness (QED) is 0.471. The Labute approximate surface area is 215 Å². The maximum Gasteiger partial charge on any atom is 0.262 e. The van der Waals surface area contributed by atoms with Crippen LogP contribution in [0.25, 0.3) is 0 Å². The van der Waals surface area contributed by atoms with Gasteiger partial charge in [0.15, 0.2) is 0 Å². The number of aliphatic hydroxyl groups is 1. The van der Waals surface area contributed by atoms with Gasteiger partial charge in [0.25, 0.3) is 10.0 Å². The van der Waals surface area contributed by atoms with Gasteiger partial charge < -0.3 is 10.0 Å². The van der Waals surface area contributed by atoms with E-state index in [-0.39, 0.29) is 26.2 Å². The lowest BCUT2D eigenvalue weighted by atomic mass is 9.84. The average molecular weight is 531 g/mol. The number of anilines is 2. The first-order chi connectivity index (χ1) is 16.6. The molecule has 1 aromatic heterocycles. The largest absolute Gasteiger partial charge is 0.385 e. The van der Waals surface area contributed by atoms with Crippen LogP contribution in [0, 0.1) is 25.2 Å². The van der Waals surface area contributed by atoms with Gasteiger partial charge in [-0.1, -0.05) is 53.5 Å². The number of nitrogens with zero attached hydrogens (tertiary/aromatic N) is 3. The molecule has 3 aromatic rings. The Morgan fingerprint density at radius 2 is 1.74 bits per heavy atom. The monoisotopic (exact) mass is 530 g/mol. The second-order valence-corrected chi connectivity index (χ2v) is 11.1. The number of benzene rings is 2. The molecule has 0 spiro atoms. The van der Waals surface area contributed by atoms with E-state index in [1.54, 1.807) is 13.8 Å². The zero-order valence-electron chi connectivity index (χ0n) is 19.2. The van der Waals surface area contributed by atoms with E-state index in [0.29, 0.717) is 43.0 Å². The Balaban J connectivity index is 1.62. The van der Waals surface area contributed by atoms with Gasteiger partial charge in [0.2, 0.25) is 0 Å². The molecule has 0 radical (unpaired) electrons. The van der Waals surface area contributed by atoms with E-state index >= 15 is 0 Å². The molecule has 0 saturated carbocycles. The highest BCUT2D eigenvalue weighted by Crippen LogP contribution is 2.37. The van der Waals surface area contributed by atoms with E-state index in [2.05, 4.69) is 15.8 Å². The van der Waals surface area contributed by atoms with Crippen molar-refractivity contribution in [3.8, 4) is 6.07 Å². The van der Waals surface area contributed by atoms with Crippen LogP contribution < -0.4 is 9.62 Å². The lowest BCUT2D eigenvalue weighted by molar-refractivity contribution is 0.0116. The summed E-state index contributed by atoms with van der Waals surface area (Å²) >= 11 is 11.9. The van der Waals surface area contributed by atoms with E-state index in [4.69, 9.17) is 23.2 Å². The summed E-state index contributed by atoms with van der Waals surface area (Å²) < 4.78 is 28.6. The molecule has 0 bridgehead atoms. The van der Waals surface area contributed by atoms with Crippen molar-refractivity contribution in [3.63, 3.8) is 0 Å².